The Balaban J connectivity index is 1.05. The van der Waals surface area contributed by atoms with Gasteiger partial charge in [0, 0.05) is 39.1 Å². The van der Waals surface area contributed by atoms with Crippen LogP contribution in [0.3, 0.4) is 0 Å². The lowest BCUT2D eigenvalue weighted by molar-refractivity contribution is 0.826. The monoisotopic (exact) mass is 638 g/mol. The lowest BCUT2D eigenvalue weighted by Gasteiger charge is -2.20. The molecule has 2 heteroatoms. The Kier molecular flexibility index (Phi) is 6.67. The van der Waals surface area contributed by atoms with Gasteiger partial charge >= 0.3 is 0 Å². The van der Waals surface area contributed by atoms with Crippen LogP contribution in [0.15, 0.2) is 182 Å². The highest BCUT2D eigenvalue weighted by atomic mass is 15.0. The zero-order chi connectivity index (χ0) is 33.0. The molecule has 0 N–H and O–H groups in total. The van der Waals surface area contributed by atoms with Crippen molar-refractivity contribution in [2.45, 2.75) is 12.3 Å². The summed E-state index contributed by atoms with van der Waals surface area (Å²) >= 11 is 0. The van der Waals surface area contributed by atoms with Crippen molar-refractivity contribution in [2.24, 2.45) is 0 Å². The van der Waals surface area contributed by atoms with Crippen LogP contribution in [0.1, 0.15) is 22.7 Å². The number of aromatic nitrogens is 2. The molecular formula is C48H34N2. The van der Waals surface area contributed by atoms with E-state index in [1.807, 2.05) is 0 Å². The highest BCUT2D eigenvalue weighted by Gasteiger charge is 2.24. The quantitative estimate of drug-likeness (QED) is 0.178. The molecule has 1 aliphatic rings. The van der Waals surface area contributed by atoms with Gasteiger partial charge in [0.1, 0.15) is 0 Å². The van der Waals surface area contributed by atoms with E-state index in [0.717, 1.165) is 6.42 Å². The van der Waals surface area contributed by atoms with E-state index in [1.54, 1.807) is 0 Å². The number of allylic oxidation sites excluding steroid dienone is 1. The summed E-state index contributed by atoms with van der Waals surface area (Å²) in [5, 5.41) is 3.92. The SMILES string of the molecule is C1=CC(c2ccc3c(c2)c2ccccc2n3-c2ccccc2)Cc2c1n(-c1cccc(-c3cccc(-c4ccccc4)c3)c1)c1ccccc21. The summed E-state index contributed by atoms with van der Waals surface area (Å²) in [7, 11) is 0. The number of para-hydroxylation sites is 3. The molecule has 1 atom stereocenters. The van der Waals surface area contributed by atoms with Gasteiger partial charge in [0.15, 0.2) is 0 Å². The first-order chi connectivity index (χ1) is 24.8. The molecule has 1 unspecified atom stereocenters. The van der Waals surface area contributed by atoms with Crippen LogP contribution < -0.4 is 0 Å². The van der Waals surface area contributed by atoms with Crippen LogP contribution in [-0.2, 0) is 6.42 Å². The van der Waals surface area contributed by atoms with Gasteiger partial charge in [-0.1, -0.05) is 127 Å². The number of benzene rings is 7. The molecular weight excluding hydrogens is 605 g/mol. The lowest BCUT2D eigenvalue weighted by Crippen LogP contribution is -2.07. The Labute approximate surface area is 291 Å². The first kappa shape index (κ1) is 28.6. The average Bonchev–Trinajstić information content (AvgIpc) is 3.71. The van der Waals surface area contributed by atoms with E-state index in [2.05, 4.69) is 197 Å². The van der Waals surface area contributed by atoms with Crippen LogP contribution in [0.2, 0.25) is 0 Å². The van der Waals surface area contributed by atoms with E-state index in [4.69, 9.17) is 0 Å². The van der Waals surface area contributed by atoms with Crippen LogP contribution in [0, 0.1) is 0 Å². The normalized spacial score (nSPS) is 14.0. The van der Waals surface area contributed by atoms with Crippen LogP contribution in [0.5, 0.6) is 0 Å². The summed E-state index contributed by atoms with van der Waals surface area (Å²) in [5.74, 6) is 0.289. The number of hydrogen-bond acceptors (Lipinski definition) is 0. The number of hydrogen-bond donors (Lipinski definition) is 0. The summed E-state index contributed by atoms with van der Waals surface area (Å²) in [6.07, 6.45) is 5.74. The second-order valence-electron chi connectivity index (χ2n) is 13.3. The second-order valence-corrected chi connectivity index (χ2v) is 13.3. The predicted molar refractivity (Wildman–Crippen MR) is 210 cm³/mol. The Bertz CT molecular complexity index is 2730. The molecule has 236 valence electrons. The van der Waals surface area contributed by atoms with Gasteiger partial charge in [0.05, 0.1) is 16.6 Å². The zero-order valence-corrected chi connectivity index (χ0v) is 27.6. The second kappa shape index (κ2) is 11.6. The minimum Gasteiger partial charge on any atom is -0.310 e. The first-order valence-corrected chi connectivity index (χ1v) is 17.5. The molecule has 0 saturated carbocycles. The topological polar surface area (TPSA) is 9.86 Å². The van der Waals surface area contributed by atoms with Crippen molar-refractivity contribution in [2.75, 3.05) is 0 Å². The minimum atomic E-state index is 0.289. The summed E-state index contributed by atoms with van der Waals surface area (Å²) in [6.45, 7) is 0. The molecule has 0 radical (unpaired) electrons. The predicted octanol–water partition coefficient (Wildman–Crippen LogP) is 12.4. The van der Waals surface area contributed by atoms with Crippen LogP contribution in [0.4, 0.5) is 0 Å². The van der Waals surface area contributed by atoms with E-state index < -0.39 is 0 Å². The molecule has 2 aromatic heterocycles. The lowest BCUT2D eigenvalue weighted by atomic mass is 9.86. The molecule has 7 aromatic carbocycles. The molecule has 0 saturated heterocycles. The Morgan fingerprint density at radius 3 is 1.78 bits per heavy atom. The van der Waals surface area contributed by atoms with E-state index in [0.29, 0.717) is 0 Å². The van der Waals surface area contributed by atoms with Gasteiger partial charge in [-0.2, -0.15) is 0 Å². The molecule has 10 rings (SSSR count). The third kappa shape index (κ3) is 4.64. The summed E-state index contributed by atoms with van der Waals surface area (Å²) < 4.78 is 4.85. The largest absolute Gasteiger partial charge is 0.310 e. The van der Waals surface area contributed by atoms with Gasteiger partial charge in [0.2, 0.25) is 0 Å². The third-order valence-corrected chi connectivity index (χ3v) is 10.5. The standard InChI is InChI=1S/C48H34N2/c1-3-13-33(14-4-1)34-15-11-16-35(29-34)36-17-12-20-40(30-36)50-46-24-10-8-22-42(46)44-32-38(26-28-48(44)50)37-25-27-47-43(31-37)41-21-7-9-23-45(41)49(47)39-18-5-2-6-19-39/h1-31,38H,32H2. The van der Waals surface area contributed by atoms with Crippen molar-refractivity contribution in [3.63, 3.8) is 0 Å². The van der Waals surface area contributed by atoms with Gasteiger partial charge in [-0.25, -0.2) is 0 Å². The zero-order valence-electron chi connectivity index (χ0n) is 27.6. The number of rotatable bonds is 5. The van der Waals surface area contributed by atoms with Crippen molar-refractivity contribution < 1.29 is 0 Å². The van der Waals surface area contributed by atoms with Crippen LogP contribution in [-0.4, -0.2) is 9.13 Å². The van der Waals surface area contributed by atoms with Gasteiger partial charge in [-0.05, 0) is 100 Å². The van der Waals surface area contributed by atoms with Crippen molar-refractivity contribution in [3.8, 4) is 33.6 Å². The van der Waals surface area contributed by atoms with E-state index in [9.17, 15) is 0 Å². The van der Waals surface area contributed by atoms with E-state index in [1.165, 1.54) is 83.2 Å². The average molecular weight is 639 g/mol. The van der Waals surface area contributed by atoms with E-state index in [-0.39, 0.29) is 5.92 Å². The maximum Gasteiger partial charge on any atom is 0.0541 e. The summed E-state index contributed by atoms with van der Waals surface area (Å²) in [4.78, 5) is 0. The van der Waals surface area contributed by atoms with Crippen molar-refractivity contribution >= 4 is 38.8 Å². The van der Waals surface area contributed by atoms with Crippen LogP contribution >= 0.6 is 0 Å². The van der Waals surface area contributed by atoms with Crippen molar-refractivity contribution in [1.29, 1.82) is 0 Å². The van der Waals surface area contributed by atoms with Crippen LogP contribution in [0.25, 0.3) is 72.4 Å². The Morgan fingerprint density at radius 2 is 0.980 bits per heavy atom. The molecule has 2 heterocycles. The Hall–Kier alpha value is -6.38. The van der Waals surface area contributed by atoms with Crippen molar-refractivity contribution in [1.82, 2.24) is 9.13 Å². The third-order valence-electron chi connectivity index (χ3n) is 10.5. The molecule has 0 bridgehead atoms. The van der Waals surface area contributed by atoms with Gasteiger partial charge in [-0.15, -0.1) is 0 Å². The molecule has 0 aliphatic heterocycles. The number of fused-ring (bicyclic) bond motifs is 6. The maximum absolute atomic E-state index is 2.46. The smallest absolute Gasteiger partial charge is 0.0541 e. The minimum absolute atomic E-state index is 0.289. The molecule has 2 nitrogen and oxygen atoms in total. The molecule has 0 fully saturated rings. The highest BCUT2D eigenvalue weighted by molar-refractivity contribution is 6.09. The van der Waals surface area contributed by atoms with E-state index >= 15 is 0 Å². The first-order valence-electron chi connectivity index (χ1n) is 17.5. The summed E-state index contributed by atoms with van der Waals surface area (Å²) in [6, 6.07) is 64.0. The van der Waals surface area contributed by atoms with Gasteiger partial charge < -0.3 is 9.13 Å². The fourth-order valence-corrected chi connectivity index (χ4v) is 8.13. The molecule has 0 spiro atoms. The fraction of sp³-hybridized carbons (Fsp3) is 0.0417. The fourth-order valence-electron chi connectivity index (χ4n) is 8.13. The molecule has 50 heavy (non-hydrogen) atoms. The highest BCUT2D eigenvalue weighted by Crippen LogP contribution is 2.41. The summed E-state index contributed by atoms with van der Waals surface area (Å²) in [5.41, 5.74) is 15.0. The van der Waals surface area contributed by atoms with Crippen molar-refractivity contribution in [3.05, 3.63) is 199 Å². The maximum atomic E-state index is 2.46. The molecule has 9 aromatic rings. The molecule has 0 amide bonds. The Morgan fingerprint density at radius 1 is 0.400 bits per heavy atom. The van der Waals surface area contributed by atoms with Gasteiger partial charge in [-0.3, -0.25) is 0 Å². The van der Waals surface area contributed by atoms with Gasteiger partial charge in [0.25, 0.3) is 0 Å². The molecule has 1 aliphatic carbocycles. The number of nitrogens with zero attached hydrogens (tertiary/aromatic N) is 2.